The first-order valence-electron chi connectivity index (χ1n) is 9.21. The quantitative estimate of drug-likeness (QED) is 0.748. The zero-order chi connectivity index (χ0) is 18.6. The molecular weight excluding hydrogens is 338 g/mol. The summed E-state index contributed by atoms with van der Waals surface area (Å²) in [6.07, 6.45) is 9.07. The monoisotopic (exact) mass is 361 g/mol. The summed E-state index contributed by atoms with van der Waals surface area (Å²) in [6.45, 7) is 6.40. The number of fused-ring (bicyclic) bond motifs is 1. The molecule has 4 heterocycles. The van der Waals surface area contributed by atoms with Gasteiger partial charge >= 0.3 is 0 Å². The van der Waals surface area contributed by atoms with Crippen LogP contribution in [0.2, 0.25) is 0 Å². The third-order valence-corrected chi connectivity index (χ3v) is 4.76. The van der Waals surface area contributed by atoms with E-state index in [0.717, 1.165) is 66.8 Å². The summed E-state index contributed by atoms with van der Waals surface area (Å²) >= 11 is 0. The van der Waals surface area contributed by atoms with Crippen molar-refractivity contribution in [1.29, 1.82) is 0 Å². The maximum atomic E-state index is 4.56. The first-order chi connectivity index (χ1) is 13.2. The highest BCUT2D eigenvalue weighted by Crippen LogP contribution is 2.26. The lowest BCUT2D eigenvalue weighted by molar-refractivity contribution is 0.697. The molecule has 7 heteroatoms. The van der Waals surface area contributed by atoms with Crippen LogP contribution in [-0.4, -0.2) is 38.0 Å². The molecule has 0 amide bonds. The predicted molar refractivity (Wildman–Crippen MR) is 105 cm³/mol. The first-order valence-corrected chi connectivity index (χ1v) is 9.21. The van der Waals surface area contributed by atoms with Gasteiger partial charge in [-0.2, -0.15) is 0 Å². The summed E-state index contributed by atoms with van der Waals surface area (Å²) in [5, 5.41) is 3.46. The first kappa shape index (κ1) is 17.3. The smallest absolute Gasteiger partial charge is 0.134 e. The second kappa shape index (κ2) is 7.65. The van der Waals surface area contributed by atoms with Crippen LogP contribution >= 0.6 is 0 Å². The van der Waals surface area contributed by atoms with Crippen molar-refractivity contribution >= 4 is 11.6 Å². The number of aromatic nitrogens is 5. The Morgan fingerprint density at radius 2 is 1.85 bits per heavy atom. The molecule has 1 aliphatic rings. The van der Waals surface area contributed by atoms with Gasteiger partial charge in [0, 0.05) is 50.2 Å². The number of nitrogens with zero attached hydrogens (tertiary/aromatic N) is 6. The van der Waals surface area contributed by atoms with E-state index >= 15 is 0 Å². The van der Waals surface area contributed by atoms with Gasteiger partial charge in [0.15, 0.2) is 0 Å². The van der Waals surface area contributed by atoms with Crippen LogP contribution < -0.4 is 10.2 Å². The lowest BCUT2D eigenvalue weighted by Gasteiger charge is -2.30. The number of aryl methyl sites for hydroxylation is 2. The molecule has 7 nitrogen and oxygen atoms in total. The van der Waals surface area contributed by atoms with Crippen molar-refractivity contribution < 1.29 is 0 Å². The van der Waals surface area contributed by atoms with Crippen LogP contribution in [-0.2, 0) is 19.4 Å². The molecule has 0 aromatic carbocycles. The summed E-state index contributed by atoms with van der Waals surface area (Å²) in [5.74, 6) is 2.70. The second-order valence-electron chi connectivity index (χ2n) is 6.83. The molecule has 4 rings (SSSR count). The maximum Gasteiger partial charge on any atom is 0.134 e. The highest BCUT2D eigenvalue weighted by atomic mass is 15.2. The van der Waals surface area contributed by atoms with E-state index in [0.29, 0.717) is 0 Å². The fourth-order valence-corrected chi connectivity index (χ4v) is 3.21. The minimum atomic E-state index is 0.766. The van der Waals surface area contributed by atoms with E-state index in [4.69, 9.17) is 0 Å². The van der Waals surface area contributed by atoms with Gasteiger partial charge in [-0.3, -0.25) is 0 Å². The van der Waals surface area contributed by atoms with Gasteiger partial charge in [-0.1, -0.05) is 6.07 Å². The standard InChI is InChI=1S/C20H23N7/c1-14-3-4-19(24-9-14)27-8-6-18-17(12-27)20(26-13-25-18)21-7-5-16-10-22-15(2)23-11-16/h3-4,9-11,13H,5-8,12H2,1-2H3,(H,21,25,26). The molecule has 1 aliphatic heterocycles. The Kier molecular flexibility index (Phi) is 4.91. The number of hydrogen-bond acceptors (Lipinski definition) is 7. The predicted octanol–water partition coefficient (Wildman–Crippen LogP) is 2.50. The van der Waals surface area contributed by atoms with E-state index in [2.05, 4.69) is 54.2 Å². The SMILES string of the molecule is Cc1ccc(N2CCc3ncnc(NCCc4cnc(C)nc4)c3C2)nc1. The fraction of sp³-hybridized carbons (Fsp3) is 0.350. The Morgan fingerprint density at radius 3 is 2.63 bits per heavy atom. The van der Waals surface area contributed by atoms with E-state index < -0.39 is 0 Å². The van der Waals surface area contributed by atoms with Gasteiger partial charge in [0.25, 0.3) is 0 Å². The van der Waals surface area contributed by atoms with E-state index in [9.17, 15) is 0 Å². The average Bonchev–Trinajstić information content (AvgIpc) is 2.70. The Hall–Kier alpha value is -3.09. The third-order valence-electron chi connectivity index (χ3n) is 4.76. The molecule has 0 saturated carbocycles. The summed E-state index contributed by atoms with van der Waals surface area (Å²) in [6, 6.07) is 4.18. The zero-order valence-electron chi connectivity index (χ0n) is 15.7. The van der Waals surface area contributed by atoms with E-state index in [1.54, 1.807) is 6.33 Å². The molecule has 0 bridgehead atoms. The fourth-order valence-electron chi connectivity index (χ4n) is 3.21. The van der Waals surface area contributed by atoms with Crippen molar-refractivity contribution in [2.45, 2.75) is 33.2 Å². The topological polar surface area (TPSA) is 79.7 Å². The van der Waals surface area contributed by atoms with Crippen LogP contribution in [0.3, 0.4) is 0 Å². The molecule has 138 valence electrons. The van der Waals surface area contributed by atoms with Crippen LogP contribution in [0.4, 0.5) is 11.6 Å². The van der Waals surface area contributed by atoms with Crippen LogP contribution in [0.1, 0.15) is 28.2 Å². The van der Waals surface area contributed by atoms with Gasteiger partial charge in [0.1, 0.15) is 23.8 Å². The zero-order valence-corrected chi connectivity index (χ0v) is 15.7. The maximum absolute atomic E-state index is 4.56. The molecule has 0 saturated heterocycles. The minimum absolute atomic E-state index is 0.766. The third kappa shape index (κ3) is 4.02. The molecule has 0 atom stereocenters. The summed E-state index contributed by atoms with van der Waals surface area (Å²) in [7, 11) is 0. The van der Waals surface area contributed by atoms with Crippen LogP contribution in [0.25, 0.3) is 0 Å². The van der Waals surface area contributed by atoms with Crippen LogP contribution in [0.5, 0.6) is 0 Å². The molecule has 0 spiro atoms. The number of anilines is 2. The summed E-state index contributed by atoms with van der Waals surface area (Å²) in [5.41, 5.74) is 4.56. The van der Waals surface area contributed by atoms with Crippen LogP contribution in [0, 0.1) is 13.8 Å². The molecule has 0 radical (unpaired) electrons. The lowest BCUT2D eigenvalue weighted by Crippen LogP contribution is -2.32. The largest absolute Gasteiger partial charge is 0.369 e. The highest BCUT2D eigenvalue weighted by Gasteiger charge is 2.21. The Bertz CT molecular complexity index is 907. The molecular formula is C20H23N7. The number of hydrogen-bond donors (Lipinski definition) is 1. The molecule has 0 aliphatic carbocycles. The van der Waals surface area contributed by atoms with Gasteiger partial charge in [0.2, 0.25) is 0 Å². The van der Waals surface area contributed by atoms with Crippen LogP contribution in [0.15, 0.2) is 37.1 Å². The Balaban J connectivity index is 1.46. The number of pyridine rings is 1. The second-order valence-corrected chi connectivity index (χ2v) is 6.83. The van der Waals surface area contributed by atoms with Crippen molar-refractivity contribution in [3.63, 3.8) is 0 Å². The molecule has 27 heavy (non-hydrogen) atoms. The molecule has 1 N–H and O–H groups in total. The van der Waals surface area contributed by atoms with Gasteiger partial charge < -0.3 is 10.2 Å². The van der Waals surface area contributed by atoms with Crippen molar-refractivity contribution in [1.82, 2.24) is 24.9 Å². The number of nitrogens with one attached hydrogen (secondary N) is 1. The normalized spacial score (nSPS) is 13.3. The summed E-state index contributed by atoms with van der Waals surface area (Å²) < 4.78 is 0. The van der Waals surface area contributed by atoms with E-state index in [-0.39, 0.29) is 0 Å². The minimum Gasteiger partial charge on any atom is -0.369 e. The lowest BCUT2D eigenvalue weighted by atomic mass is 10.1. The molecule has 3 aromatic rings. The van der Waals surface area contributed by atoms with Crippen molar-refractivity contribution in [3.05, 3.63) is 65.3 Å². The molecule has 0 fully saturated rings. The van der Waals surface area contributed by atoms with Gasteiger partial charge in [-0.15, -0.1) is 0 Å². The van der Waals surface area contributed by atoms with Crippen molar-refractivity contribution in [3.8, 4) is 0 Å². The highest BCUT2D eigenvalue weighted by molar-refractivity contribution is 5.52. The van der Waals surface area contributed by atoms with Gasteiger partial charge in [-0.25, -0.2) is 24.9 Å². The van der Waals surface area contributed by atoms with Gasteiger partial charge in [0.05, 0.1) is 5.69 Å². The van der Waals surface area contributed by atoms with Crippen molar-refractivity contribution in [2.75, 3.05) is 23.3 Å². The molecule has 3 aromatic heterocycles. The summed E-state index contributed by atoms with van der Waals surface area (Å²) in [4.78, 5) is 24.3. The average molecular weight is 361 g/mol. The van der Waals surface area contributed by atoms with E-state index in [1.165, 1.54) is 5.56 Å². The molecule has 0 unspecified atom stereocenters. The van der Waals surface area contributed by atoms with Gasteiger partial charge in [-0.05, 0) is 37.5 Å². The Morgan fingerprint density at radius 1 is 1.00 bits per heavy atom. The Labute approximate surface area is 159 Å². The van der Waals surface area contributed by atoms with E-state index in [1.807, 2.05) is 25.5 Å². The number of rotatable bonds is 5. The van der Waals surface area contributed by atoms with Crippen molar-refractivity contribution in [2.24, 2.45) is 0 Å².